The highest BCUT2D eigenvalue weighted by molar-refractivity contribution is 5.54. The Labute approximate surface area is 107 Å². The number of nitrogens with two attached hydrogens (primary N) is 1. The summed E-state index contributed by atoms with van der Waals surface area (Å²) in [6, 6.07) is 8.04. The van der Waals surface area contributed by atoms with Crippen molar-refractivity contribution in [1.82, 2.24) is 10.1 Å². The highest BCUT2D eigenvalue weighted by Gasteiger charge is 2.13. The summed E-state index contributed by atoms with van der Waals surface area (Å²) in [5.41, 5.74) is 8.11. The van der Waals surface area contributed by atoms with Crippen molar-refractivity contribution < 1.29 is 4.52 Å². The van der Waals surface area contributed by atoms with E-state index in [1.807, 2.05) is 19.1 Å². The first-order valence-electron chi connectivity index (χ1n) is 6.31. The second-order valence-electron chi connectivity index (χ2n) is 4.75. The van der Waals surface area contributed by atoms with Crippen LogP contribution in [0.15, 0.2) is 28.8 Å². The van der Waals surface area contributed by atoms with E-state index in [0.717, 1.165) is 12.0 Å². The predicted octanol–water partition coefficient (Wildman–Crippen LogP) is 3.27. The van der Waals surface area contributed by atoms with E-state index in [0.29, 0.717) is 17.6 Å². The van der Waals surface area contributed by atoms with Gasteiger partial charge in [-0.3, -0.25) is 0 Å². The number of nitrogens with zero attached hydrogens (tertiary/aromatic N) is 2. The van der Waals surface area contributed by atoms with Gasteiger partial charge in [0.25, 0.3) is 0 Å². The van der Waals surface area contributed by atoms with Gasteiger partial charge >= 0.3 is 0 Å². The van der Waals surface area contributed by atoms with Gasteiger partial charge in [-0.1, -0.05) is 50.2 Å². The first kappa shape index (κ1) is 12.8. The van der Waals surface area contributed by atoms with Crippen molar-refractivity contribution in [3.05, 3.63) is 35.7 Å². The third kappa shape index (κ3) is 2.59. The molecule has 0 aliphatic heterocycles. The molecule has 0 spiro atoms. The highest BCUT2D eigenvalue weighted by atomic mass is 16.5. The van der Waals surface area contributed by atoms with Crippen molar-refractivity contribution in [3.8, 4) is 11.4 Å². The zero-order valence-corrected chi connectivity index (χ0v) is 11.1. The average Bonchev–Trinajstić information content (AvgIpc) is 2.87. The van der Waals surface area contributed by atoms with Gasteiger partial charge in [0.05, 0.1) is 6.04 Å². The smallest absolute Gasteiger partial charge is 0.243 e. The SMILES string of the molecule is CC[C@@H](N)c1nc(-c2ccc(C(C)C)cc2)no1. The van der Waals surface area contributed by atoms with Gasteiger partial charge < -0.3 is 10.3 Å². The lowest BCUT2D eigenvalue weighted by Gasteiger charge is -2.04. The van der Waals surface area contributed by atoms with Crippen LogP contribution in [0.3, 0.4) is 0 Å². The molecule has 0 aliphatic carbocycles. The Morgan fingerprint density at radius 2 is 1.89 bits per heavy atom. The summed E-state index contributed by atoms with van der Waals surface area (Å²) in [6.45, 7) is 6.33. The van der Waals surface area contributed by atoms with Crippen molar-refractivity contribution >= 4 is 0 Å². The first-order valence-corrected chi connectivity index (χ1v) is 6.31. The third-order valence-corrected chi connectivity index (χ3v) is 3.03. The highest BCUT2D eigenvalue weighted by Crippen LogP contribution is 2.22. The zero-order chi connectivity index (χ0) is 13.1. The molecule has 1 aromatic carbocycles. The second-order valence-corrected chi connectivity index (χ2v) is 4.75. The maximum absolute atomic E-state index is 5.85. The van der Waals surface area contributed by atoms with E-state index in [1.165, 1.54) is 5.56 Å². The number of hydrogen-bond donors (Lipinski definition) is 1. The number of aromatic nitrogens is 2. The molecule has 0 saturated carbocycles. The molecule has 18 heavy (non-hydrogen) atoms. The van der Waals surface area contributed by atoms with Gasteiger partial charge in [0.2, 0.25) is 11.7 Å². The molecular formula is C14H19N3O. The Kier molecular flexibility index (Phi) is 3.77. The van der Waals surface area contributed by atoms with Gasteiger partial charge in [-0.05, 0) is 17.9 Å². The predicted molar refractivity (Wildman–Crippen MR) is 71.0 cm³/mol. The third-order valence-electron chi connectivity index (χ3n) is 3.03. The molecule has 0 aliphatic rings. The van der Waals surface area contributed by atoms with Gasteiger partial charge in [-0.15, -0.1) is 0 Å². The fourth-order valence-corrected chi connectivity index (χ4v) is 1.69. The minimum absolute atomic E-state index is 0.179. The molecule has 2 N–H and O–H groups in total. The van der Waals surface area contributed by atoms with Crippen LogP contribution in [0.1, 0.15) is 50.6 Å². The lowest BCUT2D eigenvalue weighted by atomic mass is 10.0. The summed E-state index contributed by atoms with van der Waals surface area (Å²) in [5.74, 6) is 1.62. The molecule has 2 aromatic rings. The quantitative estimate of drug-likeness (QED) is 0.897. The molecule has 0 fully saturated rings. The molecule has 1 heterocycles. The van der Waals surface area contributed by atoms with Crippen LogP contribution >= 0.6 is 0 Å². The summed E-state index contributed by atoms with van der Waals surface area (Å²) >= 11 is 0. The maximum Gasteiger partial charge on any atom is 0.243 e. The van der Waals surface area contributed by atoms with E-state index in [-0.39, 0.29) is 6.04 Å². The summed E-state index contributed by atoms with van der Waals surface area (Å²) in [4.78, 5) is 4.32. The fraction of sp³-hybridized carbons (Fsp3) is 0.429. The van der Waals surface area contributed by atoms with E-state index in [9.17, 15) is 0 Å². The molecule has 0 saturated heterocycles. The van der Waals surface area contributed by atoms with Crippen LogP contribution in [0.4, 0.5) is 0 Å². The van der Waals surface area contributed by atoms with Crippen molar-refractivity contribution in [2.45, 2.75) is 39.2 Å². The van der Waals surface area contributed by atoms with Crippen LogP contribution in [0, 0.1) is 0 Å². The number of rotatable bonds is 4. The van der Waals surface area contributed by atoms with Crippen LogP contribution in [0.2, 0.25) is 0 Å². The lowest BCUT2D eigenvalue weighted by molar-refractivity contribution is 0.352. The van der Waals surface area contributed by atoms with Crippen molar-refractivity contribution in [3.63, 3.8) is 0 Å². The summed E-state index contributed by atoms with van der Waals surface area (Å²) in [7, 11) is 0. The number of benzene rings is 1. The second kappa shape index (κ2) is 5.31. The van der Waals surface area contributed by atoms with Crippen LogP contribution in [0.25, 0.3) is 11.4 Å². The molecule has 0 amide bonds. The summed E-state index contributed by atoms with van der Waals surface area (Å²) in [5, 5.41) is 3.96. The van der Waals surface area contributed by atoms with Crippen LogP contribution in [-0.2, 0) is 0 Å². The van der Waals surface area contributed by atoms with Gasteiger partial charge in [0, 0.05) is 5.56 Å². The summed E-state index contributed by atoms with van der Waals surface area (Å²) in [6.07, 6.45) is 0.786. The van der Waals surface area contributed by atoms with Crippen LogP contribution < -0.4 is 5.73 Å². The maximum atomic E-state index is 5.85. The van der Waals surface area contributed by atoms with E-state index >= 15 is 0 Å². The number of hydrogen-bond acceptors (Lipinski definition) is 4. The van der Waals surface area contributed by atoms with Crippen LogP contribution in [0.5, 0.6) is 0 Å². The molecule has 4 nitrogen and oxygen atoms in total. The lowest BCUT2D eigenvalue weighted by Crippen LogP contribution is -2.08. The van der Waals surface area contributed by atoms with Crippen molar-refractivity contribution in [2.75, 3.05) is 0 Å². The van der Waals surface area contributed by atoms with E-state index in [2.05, 4.69) is 36.1 Å². The van der Waals surface area contributed by atoms with E-state index < -0.39 is 0 Å². The molecule has 1 atom stereocenters. The van der Waals surface area contributed by atoms with Gasteiger partial charge in [-0.2, -0.15) is 4.98 Å². The average molecular weight is 245 g/mol. The minimum Gasteiger partial charge on any atom is -0.337 e. The molecular weight excluding hydrogens is 226 g/mol. The van der Waals surface area contributed by atoms with Crippen LogP contribution in [-0.4, -0.2) is 10.1 Å². The first-order chi connectivity index (χ1) is 8.61. The Balaban J connectivity index is 2.23. The largest absolute Gasteiger partial charge is 0.337 e. The Morgan fingerprint density at radius 1 is 1.22 bits per heavy atom. The Bertz CT molecular complexity index is 502. The molecule has 0 bridgehead atoms. The van der Waals surface area contributed by atoms with E-state index in [4.69, 9.17) is 10.3 Å². The molecule has 0 radical (unpaired) electrons. The zero-order valence-electron chi connectivity index (χ0n) is 11.1. The molecule has 0 unspecified atom stereocenters. The van der Waals surface area contributed by atoms with Gasteiger partial charge in [-0.25, -0.2) is 0 Å². The molecule has 96 valence electrons. The fourth-order valence-electron chi connectivity index (χ4n) is 1.69. The normalized spacial score (nSPS) is 12.9. The van der Waals surface area contributed by atoms with Gasteiger partial charge in [0.15, 0.2) is 0 Å². The van der Waals surface area contributed by atoms with Crippen molar-refractivity contribution in [2.24, 2.45) is 5.73 Å². The Hall–Kier alpha value is -1.68. The summed E-state index contributed by atoms with van der Waals surface area (Å²) < 4.78 is 5.16. The molecule has 4 heteroatoms. The topological polar surface area (TPSA) is 64.9 Å². The molecule has 1 aromatic heterocycles. The standard InChI is InChI=1S/C14H19N3O/c1-4-12(15)14-16-13(17-18-14)11-7-5-10(6-8-11)9(2)3/h5-9,12H,4,15H2,1-3H3/t12-/m1/s1. The molecule has 2 rings (SSSR count). The Morgan fingerprint density at radius 3 is 2.44 bits per heavy atom. The monoisotopic (exact) mass is 245 g/mol. The van der Waals surface area contributed by atoms with Gasteiger partial charge in [0.1, 0.15) is 0 Å². The minimum atomic E-state index is -0.179. The van der Waals surface area contributed by atoms with E-state index in [1.54, 1.807) is 0 Å². The van der Waals surface area contributed by atoms with Crippen molar-refractivity contribution in [1.29, 1.82) is 0 Å².